The Hall–Kier alpha value is -0.870. The molecule has 1 N–H and O–H groups in total. The number of carbonyl (C=O) groups is 1. The molecular weight excluding hydrogens is 246 g/mol. The van der Waals surface area contributed by atoms with Crippen LogP contribution in [0.25, 0.3) is 0 Å². The highest BCUT2D eigenvalue weighted by atomic mass is 32.1. The maximum Gasteiger partial charge on any atom is 0.264 e. The molecule has 4 heteroatoms. The van der Waals surface area contributed by atoms with E-state index in [0.29, 0.717) is 0 Å². The van der Waals surface area contributed by atoms with Gasteiger partial charge in [-0.05, 0) is 50.2 Å². The quantitative estimate of drug-likeness (QED) is 0.890. The monoisotopic (exact) mass is 265 g/mol. The van der Waals surface area contributed by atoms with Gasteiger partial charge < -0.3 is 10.0 Å². The largest absolute Gasteiger partial charge is 0.394 e. The number of carbonyl (C=O) groups excluding carboxylic acids is 1. The Kier molecular flexibility index (Phi) is 3.39. The van der Waals surface area contributed by atoms with Crippen molar-refractivity contribution in [2.75, 3.05) is 13.2 Å². The van der Waals surface area contributed by atoms with E-state index < -0.39 is 0 Å². The third kappa shape index (κ3) is 2.08. The number of fused-ring (bicyclic) bond motifs is 1. The van der Waals surface area contributed by atoms with Gasteiger partial charge in [-0.2, -0.15) is 0 Å². The number of aliphatic hydroxyl groups is 1. The zero-order chi connectivity index (χ0) is 12.5. The first-order chi connectivity index (χ1) is 8.79. The van der Waals surface area contributed by atoms with Crippen LogP contribution in [0.1, 0.15) is 45.8 Å². The first kappa shape index (κ1) is 12.2. The molecule has 1 aromatic heterocycles. The van der Waals surface area contributed by atoms with Crippen molar-refractivity contribution in [1.82, 2.24) is 4.90 Å². The van der Waals surface area contributed by atoms with Crippen molar-refractivity contribution in [2.24, 2.45) is 0 Å². The van der Waals surface area contributed by atoms with E-state index in [4.69, 9.17) is 0 Å². The predicted octanol–water partition coefficient (Wildman–Crippen LogP) is 2.22. The van der Waals surface area contributed by atoms with Gasteiger partial charge in [-0.1, -0.05) is 0 Å². The number of hydrogen-bond donors (Lipinski definition) is 1. The average molecular weight is 265 g/mol. The number of aliphatic hydroxyl groups excluding tert-OH is 1. The molecule has 18 heavy (non-hydrogen) atoms. The summed E-state index contributed by atoms with van der Waals surface area (Å²) < 4.78 is 0. The second-order valence-electron chi connectivity index (χ2n) is 5.24. The van der Waals surface area contributed by atoms with Gasteiger partial charge in [0.1, 0.15) is 0 Å². The minimum atomic E-state index is 0.0385. The molecule has 1 aromatic rings. The Balaban J connectivity index is 1.81. The Labute approximate surface area is 111 Å². The topological polar surface area (TPSA) is 40.5 Å². The van der Waals surface area contributed by atoms with Gasteiger partial charge >= 0.3 is 0 Å². The standard InChI is InChI=1S/C14H19NO2S/c16-9-11-5-3-7-15(11)14(17)13-8-10-4-1-2-6-12(10)18-13/h8,11,16H,1-7,9H2/t11-/m0/s1. The van der Waals surface area contributed by atoms with Crippen LogP contribution in [0, 0.1) is 0 Å². The summed E-state index contributed by atoms with van der Waals surface area (Å²) in [6, 6.07) is 2.13. The molecule has 98 valence electrons. The number of likely N-dealkylation sites (tertiary alicyclic amines) is 1. The van der Waals surface area contributed by atoms with Gasteiger partial charge in [-0.25, -0.2) is 0 Å². The maximum atomic E-state index is 12.5. The van der Waals surface area contributed by atoms with Crippen LogP contribution in [0.2, 0.25) is 0 Å². The number of amides is 1. The average Bonchev–Trinajstić information content (AvgIpc) is 3.03. The van der Waals surface area contributed by atoms with Crippen molar-refractivity contribution >= 4 is 17.2 Å². The third-order valence-corrected chi connectivity index (χ3v) is 5.28. The highest BCUT2D eigenvalue weighted by molar-refractivity contribution is 7.14. The summed E-state index contributed by atoms with van der Waals surface area (Å²) in [4.78, 5) is 16.6. The van der Waals surface area contributed by atoms with Gasteiger partial charge in [0.15, 0.2) is 0 Å². The van der Waals surface area contributed by atoms with Crippen LogP contribution in [0.3, 0.4) is 0 Å². The van der Waals surface area contributed by atoms with Crippen LogP contribution >= 0.6 is 11.3 Å². The SMILES string of the molecule is O=C(c1cc2c(s1)CCCC2)N1CCC[C@H]1CO. The van der Waals surface area contributed by atoms with Crippen molar-refractivity contribution in [3.63, 3.8) is 0 Å². The first-order valence-corrected chi connectivity index (χ1v) is 7.64. The maximum absolute atomic E-state index is 12.5. The van der Waals surface area contributed by atoms with Crippen LogP contribution in [-0.4, -0.2) is 35.1 Å². The minimum absolute atomic E-state index is 0.0385. The molecule has 1 amide bonds. The van der Waals surface area contributed by atoms with E-state index in [2.05, 4.69) is 6.07 Å². The summed E-state index contributed by atoms with van der Waals surface area (Å²) in [7, 11) is 0. The molecule has 3 rings (SSSR count). The highest BCUT2D eigenvalue weighted by Gasteiger charge is 2.30. The van der Waals surface area contributed by atoms with Gasteiger partial charge in [0.25, 0.3) is 5.91 Å². The summed E-state index contributed by atoms with van der Waals surface area (Å²) in [6.07, 6.45) is 6.72. The Morgan fingerprint density at radius 2 is 2.22 bits per heavy atom. The molecule has 2 aliphatic rings. The number of hydrogen-bond acceptors (Lipinski definition) is 3. The summed E-state index contributed by atoms with van der Waals surface area (Å²) >= 11 is 1.67. The van der Waals surface area contributed by atoms with Crippen LogP contribution in [-0.2, 0) is 12.8 Å². The fourth-order valence-electron chi connectivity index (χ4n) is 3.03. The van der Waals surface area contributed by atoms with E-state index in [1.165, 1.54) is 23.3 Å². The van der Waals surface area contributed by atoms with E-state index in [1.54, 1.807) is 11.3 Å². The molecule has 1 aliphatic carbocycles. The molecule has 1 atom stereocenters. The zero-order valence-corrected chi connectivity index (χ0v) is 11.3. The van der Waals surface area contributed by atoms with Crippen molar-refractivity contribution in [3.05, 3.63) is 21.4 Å². The summed E-state index contributed by atoms with van der Waals surface area (Å²) in [5, 5.41) is 9.30. The van der Waals surface area contributed by atoms with Gasteiger partial charge in [0.2, 0.25) is 0 Å². The molecular formula is C14H19NO2S. The second kappa shape index (κ2) is 5.02. The lowest BCUT2D eigenvalue weighted by atomic mass is 9.99. The molecule has 1 fully saturated rings. The highest BCUT2D eigenvalue weighted by Crippen LogP contribution is 2.31. The Bertz CT molecular complexity index is 431. The summed E-state index contributed by atoms with van der Waals surface area (Å²) in [5.41, 5.74) is 1.38. The molecule has 0 bridgehead atoms. The summed E-state index contributed by atoms with van der Waals surface area (Å²) in [5.74, 6) is 0.131. The van der Waals surface area contributed by atoms with Gasteiger partial charge in [-0.15, -0.1) is 11.3 Å². The van der Waals surface area contributed by atoms with E-state index in [-0.39, 0.29) is 18.6 Å². The number of nitrogens with zero attached hydrogens (tertiary/aromatic N) is 1. The lowest BCUT2D eigenvalue weighted by molar-refractivity contribution is 0.0682. The Morgan fingerprint density at radius 1 is 1.39 bits per heavy atom. The van der Waals surface area contributed by atoms with Crippen LogP contribution in [0.15, 0.2) is 6.07 Å². The lowest BCUT2D eigenvalue weighted by Crippen LogP contribution is -2.37. The van der Waals surface area contributed by atoms with Crippen molar-refractivity contribution in [1.29, 1.82) is 0 Å². The molecule has 0 saturated carbocycles. The minimum Gasteiger partial charge on any atom is -0.394 e. The lowest BCUT2D eigenvalue weighted by Gasteiger charge is -2.22. The molecule has 2 heterocycles. The second-order valence-corrected chi connectivity index (χ2v) is 6.38. The van der Waals surface area contributed by atoms with Crippen molar-refractivity contribution < 1.29 is 9.90 Å². The van der Waals surface area contributed by atoms with Crippen LogP contribution in [0.4, 0.5) is 0 Å². The summed E-state index contributed by atoms with van der Waals surface area (Å²) in [6.45, 7) is 0.892. The molecule has 0 radical (unpaired) electrons. The fraction of sp³-hybridized carbons (Fsp3) is 0.643. The number of rotatable bonds is 2. The first-order valence-electron chi connectivity index (χ1n) is 6.83. The third-order valence-electron chi connectivity index (χ3n) is 4.06. The molecule has 0 unspecified atom stereocenters. The predicted molar refractivity (Wildman–Crippen MR) is 72.1 cm³/mol. The number of thiophene rings is 1. The van der Waals surface area contributed by atoms with Crippen molar-refractivity contribution in [3.8, 4) is 0 Å². The van der Waals surface area contributed by atoms with Gasteiger partial charge in [-0.3, -0.25) is 4.79 Å². The van der Waals surface area contributed by atoms with E-state index in [0.717, 1.165) is 37.1 Å². The van der Waals surface area contributed by atoms with E-state index in [1.807, 2.05) is 4.90 Å². The van der Waals surface area contributed by atoms with Crippen molar-refractivity contribution in [2.45, 2.75) is 44.6 Å². The molecule has 0 aromatic carbocycles. The van der Waals surface area contributed by atoms with Crippen LogP contribution < -0.4 is 0 Å². The van der Waals surface area contributed by atoms with Gasteiger partial charge in [0.05, 0.1) is 17.5 Å². The Morgan fingerprint density at radius 3 is 3.00 bits per heavy atom. The molecule has 3 nitrogen and oxygen atoms in total. The normalized spacial score (nSPS) is 23.2. The molecule has 0 spiro atoms. The fourth-order valence-corrected chi connectivity index (χ4v) is 4.24. The van der Waals surface area contributed by atoms with E-state index in [9.17, 15) is 9.90 Å². The molecule has 1 saturated heterocycles. The molecule has 1 aliphatic heterocycles. The van der Waals surface area contributed by atoms with Gasteiger partial charge in [0, 0.05) is 11.4 Å². The van der Waals surface area contributed by atoms with Crippen LogP contribution in [0.5, 0.6) is 0 Å². The zero-order valence-electron chi connectivity index (χ0n) is 10.5. The smallest absolute Gasteiger partial charge is 0.264 e. The number of aryl methyl sites for hydroxylation is 2. The van der Waals surface area contributed by atoms with E-state index >= 15 is 0 Å².